The lowest BCUT2D eigenvalue weighted by atomic mass is 9.90. The maximum atomic E-state index is 6.99. The summed E-state index contributed by atoms with van der Waals surface area (Å²) in [5.41, 5.74) is 9.96. The highest BCUT2D eigenvalue weighted by molar-refractivity contribution is 7.26. The number of nitrogens with zero attached hydrogens (tertiary/aromatic N) is 1. The lowest BCUT2D eigenvalue weighted by Crippen LogP contribution is -2.10. The van der Waals surface area contributed by atoms with Gasteiger partial charge in [0.25, 0.3) is 0 Å². The van der Waals surface area contributed by atoms with Gasteiger partial charge in [0.1, 0.15) is 11.2 Å². The molecular formula is C58H35NOS. The minimum atomic E-state index is 0.861. The number of fused-ring (bicyclic) bond motifs is 11. The van der Waals surface area contributed by atoms with E-state index in [2.05, 4.69) is 217 Å². The molecule has 0 saturated carbocycles. The summed E-state index contributed by atoms with van der Waals surface area (Å²) in [7, 11) is 0. The zero-order chi connectivity index (χ0) is 40.0. The van der Waals surface area contributed by atoms with Gasteiger partial charge in [0.15, 0.2) is 0 Å². The van der Waals surface area contributed by atoms with Crippen LogP contribution in [0.1, 0.15) is 0 Å². The SMILES string of the molecule is c1ccc2cc(N(c3ccc4ccccc4c3)c3cccc4oc5c6ccccc6c(-c6ccc(-c7cccc8ccccc78)c7c6sc6ccccc67)cc5c34)ccc2c1. The summed E-state index contributed by atoms with van der Waals surface area (Å²) in [6.07, 6.45) is 0. The van der Waals surface area contributed by atoms with Crippen LogP contribution >= 0.6 is 11.3 Å². The van der Waals surface area contributed by atoms with E-state index in [0.717, 1.165) is 44.4 Å². The minimum Gasteiger partial charge on any atom is -0.455 e. The van der Waals surface area contributed by atoms with E-state index in [1.807, 2.05) is 11.3 Å². The molecule has 0 saturated heterocycles. The summed E-state index contributed by atoms with van der Waals surface area (Å²) >= 11 is 1.89. The quantitative estimate of drug-likeness (QED) is 0.173. The largest absolute Gasteiger partial charge is 0.455 e. The van der Waals surface area contributed by atoms with Gasteiger partial charge in [0, 0.05) is 47.9 Å². The molecule has 0 atom stereocenters. The normalized spacial score (nSPS) is 11.9. The van der Waals surface area contributed by atoms with Crippen molar-refractivity contribution in [2.45, 2.75) is 0 Å². The second kappa shape index (κ2) is 13.4. The molecule has 2 aromatic heterocycles. The van der Waals surface area contributed by atoms with Crippen molar-refractivity contribution in [1.29, 1.82) is 0 Å². The van der Waals surface area contributed by atoms with Crippen LogP contribution in [-0.2, 0) is 0 Å². The molecule has 13 rings (SSSR count). The van der Waals surface area contributed by atoms with Crippen LogP contribution in [0.2, 0.25) is 0 Å². The highest BCUT2D eigenvalue weighted by Gasteiger charge is 2.24. The molecule has 0 aliphatic rings. The van der Waals surface area contributed by atoms with Crippen molar-refractivity contribution in [2.24, 2.45) is 0 Å². The van der Waals surface area contributed by atoms with Gasteiger partial charge in [-0.25, -0.2) is 0 Å². The lowest BCUT2D eigenvalue weighted by molar-refractivity contribution is 0.672. The number of hydrogen-bond donors (Lipinski definition) is 0. The maximum absolute atomic E-state index is 6.99. The molecule has 2 nitrogen and oxygen atoms in total. The monoisotopic (exact) mass is 793 g/mol. The minimum absolute atomic E-state index is 0.861. The average molecular weight is 794 g/mol. The highest BCUT2D eigenvalue weighted by Crippen LogP contribution is 2.50. The first-order chi connectivity index (χ1) is 30.2. The molecule has 0 bridgehead atoms. The molecule has 0 aliphatic heterocycles. The Morgan fingerprint density at radius 1 is 0.344 bits per heavy atom. The molecule has 61 heavy (non-hydrogen) atoms. The summed E-state index contributed by atoms with van der Waals surface area (Å²) in [5.74, 6) is 0. The van der Waals surface area contributed by atoms with E-state index in [-0.39, 0.29) is 0 Å². The predicted octanol–water partition coefficient (Wildman–Crippen LogP) is 17.4. The van der Waals surface area contributed by atoms with Crippen LogP contribution in [0.15, 0.2) is 217 Å². The van der Waals surface area contributed by atoms with Crippen molar-refractivity contribution in [2.75, 3.05) is 4.90 Å². The Kier molecular flexibility index (Phi) is 7.51. The number of anilines is 3. The second-order valence-corrected chi connectivity index (χ2v) is 17.0. The number of rotatable bonds is 5. The fraction of sp³-hybridized carbons (Fsp3) is 0. The summed E-state index contributed by atoms with van der Waals surface area (Å²) in [4.78, 5) is 2.41. The maximum Gasteiger partial charge on any atom is 0.143 e. The van der Waals surface area contributed by atoms with Crippen molar-refractivity contribution >= 4 is 114 Å². The topological polar surface area (TPSA) is 16.4 Å². The van der Waals surface area contributed by atoms with Gasteiger partial charge in [0.2, 0.25) is 0 Å². The summed E-state index contributed by atoms with van der Waals surface area (Å²) < 4.78 is 9.57. The van der Waals surface area contributed by atoms with Crippen LogP contribution in [-0.4, -0.2) is 0 Å². The molecule has 11 aromatic carbocycles. The van der Waals surface area contributed by atoms with Crippen molar-refractivity contribution in [1.82, 2.24) is 0 Å². The third-order valence-electron chi connectivity index (χ3n) is 12.6. The van der Waals surface area contributed by atoms with E-state index in [1.165, 1.54) is 80.1 Å². The van der Waals surface area contributed by atoms with Gasteiger partial charge in [-0.2, -0.15) is 0 Å². The van der Waals surface area contributed by atoms with Crippen molar-refractivity contribution < 1.29 is 4.42 Å². The number of benzene rings is 11. The smallest absolute Gasteiger partial charge is 0.143 e. The number of thiophene rings is 1. The third-order valence-corrected chi connectivity index (χ3v) is 13.8. The molecule has 0 radical (unpaired) electrons. The van der Waals surface area contributed by atoms with Crippen molar-refractivity contribution in [3.63, 3.8) is 0 Å². The van der Waals surface area contributed by atoms with E-state index in [0.29, 0.717) is 0 Å². The highest BCUT2D eigenvalue weighted by atomic mass is 32.1. The lowest BCUT2D eigenvalue weighted by Gasteiger charge is -2.27. The fourth-order valence-corrected chi connectivity index (χ4v) is 11.1. The molecule has 0 amide bonds. The average Bonchev–Trinajstić information content (AvgIpc) is 3.91. The first-order valence-electron chi connectivity index (χ1n) is 20.8. The third kappa shape index (κ3) is 5.28. The molecule has 0 aliphatic carbocycles. The molecule has 2 heterocycles. The van der Waals surface area contributed by atoms with Crippen LogP contribution < -0.4 is 4.90 Å². The molecule has 13 aromatic rings. The van der Waals surface area contributed by atoms with Crippen molar-refractivity contribution in [3.05, 3.63) is 212 Å². The Morgan fingerprint density at radius 3 is 1.69 bits per heavy atom. The molecule has 284 valence electrons. The molecular weight excluding hydrogens is 759 g/mol. The molecule has 3 heteroatoms. The van der Waals surface area contributed by atoms with Crippen LogP contribution in [0.3, 0.4) is 0 Å². The fourth-order valence-electron chi connectivity index (χ4n) is 9.82. The number of furan rings is 1. The van der Waals surface area contributed by atoms with Crippen LogP contribution in [0.5, 0.6) is 0 Å². The van der Waals surface area contributed by atoms with E-state index >= 15 is 0 Å². The van der Waals surface area contributed by atoms with E-state index in [9.17, 15) is 0 Å². The predicted molar refractivity (Wildman–Crippen MR) is 262 cm³/mol. The van der Waals surface area contributed by atoms with Gasteiger partial charge in [-0.3, -0.25) is 0 Å². The Labute approximate surface area is 355 Å². The zero-order valence-electron chi connectivity index (χ0n) is 33.0. The molecule has 0 N–H and O–H groups in total. The first-order valence-corrected chi connectivity index (χ1v) is 21.6. The first kappa shape index (κ1) is 34.2. The van der Waals surface area contributed by atoms with E-state index < -0.39 is 0 Å². The Morgan fingerprint density at radius 2 is 0.934 bits per heavy atom. The van der Waals surface area contributed by atoms with Crippen LogP contribution in [0.4, 0.5) is 17.1 Å². The second-order valence-electron chi connectivity index (χ2n) is 16.0. The van der Waals surface area contributed by atoms with E-state index in [4.69, 9.17) is 4.42 Å². The Bertz CT molecular complexity index is 3820. The molecule has 0 fully saturated rings. The van der Waals surface area contributed by atoms with Crippen LogP contribution in [0, 0.1) is 0 Å². The molecule has 0 spiro atoms. The Balaban J connectivity index is 1.11. The van der Waals surface area contributed by atoms with Gasteiger partial charge in [-0.15, -0.1) is 11.3 Å². The summed E-state index contributed by atoms with van der Waals surface area (Å²) in [6.45, 7) is 0. The van der Waals surface area contributed by atoms with Gasteiger partial charge < -0.3 is 9.32 Å². The number of hydrogen-bond acceptors (Lipinski definition) is 3. The van der Waals surface area contributed by atoms with Gasteiger partial charge >= 0.3 is 0 Å². The zero-order valence-corrected chi connectivity index (χ0v) is 33.8. The van der Waals surface area contributed by atoms with Gasteiger partial charge in [-0.1, -0.05) is 164 Å². The van der Waals surface area contributed by atoms with E-state index in [1.54, 1.807) is 0 Å². The van der Waals surface area contributed by atoms with Crippen LogP contribution in [0.25, 0.3) is 107 Å². The molecule has 0 unspecified atom stereocenters. The summed E-state index contributed by atoms with van der Waals surface area (Å²) in [6, 6.07) is 77.5. The standard InChI is InChI=1S/C58H35NOS/c1-3-16-39-33-41(29-27-36(39)13-1)59(42-30-28-37-14-2-4-17-40(37)34-42)52-24-12-25-53-56(52)51-35-50(45-20-7-8-21-47(45)57(51)60-53)48-32-31-46(44-23-11-18-38-15-5-6-19-43(38)44)55-49-22-9-10-26-54(49)61-58(48)55/h1-35H. The summed E-state index contributed by atoms with van der Waals surface area (Å²) in [5, 5.41) is 14.4. The van der Waals surface area contributed by atoms with Gasteiger partial charge in [0.05, 0.1) is 11.1 Å². The Hall–Kier alpha value is -7.72. The van der Waals surface area contributed by atoms with Gasteiger partial charge in [-0.05, 0) is 103 Å². The van der Waals surface area contributed by atoms with Crippen molar-refractivity contribution in [3.8, 4) is 22.3 Å².